The number of aromatic nitrogens is 2. The van der Waals surface area contributed by atoms with Crippen LogP contribution in [-0.4, -0.2) is 62.3 Å². The van der Waals surface area contributed by atoms with Gasteiger partial charge < -0.3 is 19.7 Å². The molecule has 8 nitrogen and oxygen atoms in total. The van der Waals surface area contributed by atoms with Crippen LogP contribution in [0.2, 0.25) is 0 Å². The van der Waals surface area contributed by atoms with Crippen LogP contribution >= 0.6 is 23.1 Å². The number of thioether (sulfide) groups is 1. The lowest BCUT2D eigenvalue weighted by Crippen LogP contribution is -2.37. The highest BCUT2D eigenvalue weighted by atomic mass is 32.2. The molecule has 0 aliphatic heterocycles. The smallest absolute Gasteiger partial charge is 0.348 e. The van der Waals surface area contributed by atoms with Gasteiger partial charge in [-0.3, -0.25) is 4.79 Å². The second-order valence-electron chi connectivity index (χ2n) is 7.22. The fourth-order valence-electron chi connectivity index (χ4n) is 3.20. The number of nitrogens with one attached hydrogen (secondary N) is 1. The van der Waals surface area contributed by atoms with Crippen molar-refractivity contribution in [2.24, 2.45) is 0 Å². The zero-order valence-electron chi connectivity index (χ0n) is 19.2. The van der Waals surface area contributed by atoms with Gasteiger partial charge in [-0.1, -0.05) is 18.2 Å². The Kier molecular flexibility index (Phi) is 9.04. The van der Waals surface area contributed by atoms with Crippen molar-refractivity contribution >= 4 is 51.0 Å². The summed E-state index contributed by atoms with van der Waals surface area (Å²) in [5.41, 5.74) is 0.761. The van der Waals surface area contributed by atoms with Gasteiger partial charge in [-0.05, 0) is 31.5 Å². The topological polar surface area (TPSA) is 93.7 Å². The van der Waals surface area contributed by atoms with Crippen LogP contribution in [0, 0.1) is 6.92 Å². The van der Waals surface area contributed by atoms with Crippen LogP contribution in [0.1, 0.15) is 28.0 Å². The van der Waals surface area contributed by atoms with Crippen molar-refractivity contribution in [2.75, 3.05) is 45.4 Å². The standard InChI is InChI=1S/C23H28N4O4S2/c1-5-31-23(29)20-15(2)19-21(27(3)13-18(28)24-11-12-30-4)25-17(26-22(19)33-20)14-32-16-9-7-6-8-10-16/h6-10H,5,11-14H2,1-4H3,(H,24,28). The number of amides is 1. The lowest BCUT2D eigenvalue weighted by Gasteiger charge is -2.20. The highest BCUT2D eigenvalue weighted by Gasteiger charge is 2.23. The number of methoxy groups -OCH3 is 1. The monoisotopic (exact) mass is 488 g/mol. The first kappa shape index (κ1) is 24.9. The quantitative estimate of drug-likeness (QED) is 0.248. The van der Waals surface area contributed by atoms with Gasteiger partial charge in [0.25, 0.3) is 0 Å². The highest BCUT2D eigenvalue weighted by Crippen LogP contribution is 2.36. The largest absolute Gasteiger partial charge is 0.462 e. The summed E-state index contributed by atoms with van der Waals surface area (Å²) in [5.74, 6) is 1.31. The van der Waals surface area contributed by atoms with Crippen molar-refractivity contribution < 1.29 is 19.1 Å². The van der Waals surface area contributed by atoms with Crippen LogP contribution in [0.4, 0.5) is 5.82 Å². The first-order valence-corrected chi connectivity index (χ1v) is 12.4. The molecule has 0 unspecified atom stereocenters. The molecule has 0 saturated carbocycles. The van der Waals surface area contributed by atoms with Crippen LogP contribution in [0.15, 0.2) is 35.2 Å². The number of esters is 1. The van der Waals surface area contributed by atoms with Crippen LogP contribution in [0.25, 0.3) is 10.2 Å². The SMILES string of the molecule is CCOC(=O)c1sc2nc(CSc3ccccc3)nc(N(C)CC(=O)NCCOC)c2c1C. The molecule has 33 heavy (non-hydrogen) atoms. The Morgan fingerprint density at radius 3 is 2.67 bits per heavy atom. The van der Waals surface area contributed by atoms with Crippen LogP contribution in [-0.2, 0) is 20.0 Å². The Bertz CT molecular complexity index is 1100. The average molecular weight is 489 g/mol. The maximum Gasteiger partial charge on any atom is 0.348 e. The molecule has 0 saturated heterocycles. The van der Waals surface area contributed by atoms with E-state index in [1.165, 1.54) is 11.3 Å². The molecule has 0 spiro atoms. The van der Waals surface area contributed by atoms with Crippen molar-refractivity contribution in [1.82, 2.24) is 15.3 Å². The molecule has 0 atom stereocenters. The zero-order chi connectivity index (χ0) is 23.8. The fraction of sp³-hybridized carbons (Fsp3) is 0.391. The molecule has 0 aliphatic rings. The second kappa shape index (κ2) is 12.0. The number of ether oxygens (including phenoxy) is 2. The molecule has 1 aromatic carbocycles. The summed E-state index contributed by atoms with van der Waals surface area (Å²) < 4.78 is 10.2. The lowest BCUT2D eigenvalue weighted by atomic mass is 10.2. The van der Waals surface area contributed by atoms with E-state index in [2.05, 4.69) is 5.32 Å². The molecule has 1 N–H and O–H groups in total. The first-order chi connectivity index (χ1) is 15.9. The summed E-state index contributed by atoms with van der Waals surface area (Å²) in [6.45, 7) is 4.94. The summed E-state index contributed by atoms with van der Waals surface area (Å²) >= 11 is 2.93. The zero-order valence-corrected chi connectivity index (χ0v) is 20.8. The molecule has 176 valence electrons. The van der Waals surface area contributed by atoms with Gasteiger partial charge in [-0.15, -0.1) is 23.1 Å². The maximum atomic E-state index is 12.5. The lowest BCUT2D eigenvalue weighted by molar-refractivity contribution is -0.119. The van der Waals surface area contributed by atoms with Gasteiger partial charge in [0.05, 0.1) is 30.9 Å². The average Bonchev–Trinajstić information content (AvgIpc) is 3.14. The number of fused-ring (bicyclic) bond motifs is 1. The summed E-state index contributed by atoms with van der Waals surface area (Å²) in [5, 5.41) is 3.59. The summed E-state index contributed by atoms with van der Waals surface area (Å²) in [4.78, 5) is 38.5. The van der Waals surface area contributed by atoms with Crippen LogP contribution < -0.4 is 10.2 Å². The number of hydrogen-bond acceptors (Lipinski definition) is 9. The predicted octanol–water partition coefficient (Wildman–Crippen LogP) is 3.67. The Morgan fingerprint density at radius 2 is 1.97 bits per heavy atom. The highest BCUT2D eigenvalue weighted by molar-refractivity contribution is 7.98. The van der Waals surface area contributed by atoms with E-state index >= 15 is 0 Å². The minimum absolute atomic E-state index is 0.116. The Hall–Kier alpha value is -2.69. The molecule has 0 bridgehead atoms. The number of likely N-dealkylation sites (N-methyl/N-ethyl adjacent to an activating group) is 1. The van der Waals surface area contributed by atoms with Gasteiger partial charge in [0, 0.05) is 25.6 Å². The fourth-order valence-corrected chi connectivity index (χ4v) is 5.06. The van der Waals surface area contributed by atoms with Gasteiger partial charge in [0.15, 0.2) is 0 Å². The van der Waals surface area contributed by atoms with E-state index < -0.39 is 0 Å². The van der Waals surface area contributed by atoms with Crippen molar-refractivity contribution in [3.05, 3.63) is 46.6 Å². The first-order valence-electron chi connectivity index (χ1n) is 10.6. The van der Waals surface area contributed by atoms with Gasteiger partial charge in [0.1, 0.15) is 21.3 Å². The Labute approximate surface area is 201 Å². The molecule has 10 heteroatoms. The number of benzene rings is 1. The molecule has 0 aliphatic carbocycles. The number of hydrogen-bond donors (Lipinski definition) is 1. The summed E-state index contributed by atoms with van der Waals surface area (Å²) in [6.07, 6.45) is 0. The van der Waals surface area contributed by atoms with Crippen molar-refractivity contribution in [3.63, 3.8) is 0 Å². The number of aryl methyl sites for hydroxylation is 1. The maximum absolute atomic E-state index is 12.5. The third kappa shape index (κ3) is 6.43. The molecule has 3 aromatic rings. The third-order valence-electron chi connectivity index (χ3n) is 4.76. The molecule has 1 amide bonds. The summed E-state index contributed by atoms with van der Waals surface area (Å²) in [7, 11) is 3.40. The molecular weight excluding hydrogens is 460 g/mol. The number of nitrogens with zero attached hydrogens (tertiary/aromatic N) is 3. The summed E-state index contributed by atoms with van der Waals surface area (Å²) in [6, 6.07) is 10.0. The van der Waals surface area contributed by atoms with E-state index in [0.29, 0.717) is 46.9 Å². The molecule has 2 aromatic heterocycles. The second-order valence-corrected chi connectivity index (χ2v) is 9.27. The minimum atomic E-state index is -0.371. The number of anilines is 1. The van der Waals surface area contributed by atoms with E-state index in [0.717, 1.165) is 15.8 Å². The van der Waals surface area contributed by atoms with Gasteiger partial charge in [-0.2, -0.15) is 0 Å². The molecule has 2 heterocycles. The Balaban J connectivity index is 1.94. The minimum Gasteiger partial charge on any atom is -0.462 e. The van der Waals surface area contributed by atoms with Gasteiger partial charge in [0.2, 0.25) is 5.91 Å². The third-order valence-corrected chi connectivity index (χ3v) is 6.93. The number of carbonyl (C=O) groups is 2. The van der Waals surface area contributed by atoms with Gasteiger partial charge in [-0.25, -0.2) is 14.8 Å². The van der Waals surface area contributed by atoms with E-state index in [1.54, 1.807) is 30.7 Å². The van der Waals surface area contributed by atoms with Crippen LogP contribution in [0.5, 0.6) is 0 Å². The predicted molar refractivity (Wildman–Crippen MR) is 132 cm³/mol. The normalized spacial score (nSPS) is 10.9. The van der Waals surface area contributed by atoms with Gasteiger partial charge >= 0.3 is 5.97 Å². The van der Waals surface area contributed by atoms with Crippen molar-refractivity contribution in [1.29, 1.82) is 0 Å². The van der Waals surface area contributed by atoms with E-state index in [4.69, 9.17) is 19.4 Å². The molecule has 3 rings (SSSR count). The Morgan fingerprint density at radius 1 is 1.21 bits per heavy atom. The van der Waals surface area contributed by atoms with E-state index in [9.17, 15) is 9.59 Å². The van der Waals surface area contributed by atoms with E-state index in [1.807, 2.05) is 44.3 Å². The number of thiophene rings is 1. The molecule has 0 fully saturated rings. The van der Waals surface area contributed by atoms with Crippen molar-refractivity contribution in [3.8, 4) is 0 Å². The number of rotatable bonds is 11. The molecular formula is C23H28N4O4S2. The molecule has 0 radical (unpaired) electrons. The van der Waals surface area contributed by atoms with E-state index in [-0.39, 0.29) is 18.4 Å². The number of carbonyl (C=O) groups excluding carboxylic acids is 2. The van der Waals surface area contributed by atoms with Crippen LogP contribution in [0.3, 0.4) is 0 Å². The van der Waals surface area contributed by atoms with Crippen molar-refractivity contribution in [2.45, 2.75) is 24.5 Å².